The van der Waals surface area contributed by atoms with Crippen LogP contribution < -0.4 is 0 Å². The fourth-order valence-corrected chi connectivity index (χ4v) is 3.90. The first kappa shape index (κ1) is 19.0. The maximum Gasteiger partial charge on any atom is -0.0184 e. The van der Waals surface area contributed by atoms with Crippen LogP contribution in [0.3, 0.4) is 0 Å². The van der Waals surface area contributed by atoms with Gasteiger partial charge < -0.3 is 0 Å². The van der Waals surface area contributed by atoms with Crippen LogP contribution in [0.25, 0.3) is 16.7 Å². The molecule has 0 saturated carbocycles. The molecule has 138 valence electrons. The van der Waals surface area contributed by atoms with Crippen LogP contribution >= 0.6 is 0 Å². The number of hydrogen-bond donors (Lipinski definition) is 0. The number of rotatable bonds is 8. The van der Waals surface area contributed by atoms with Gasteiger partial charge in [0, 0.05) is 0 Å². The van der Waals surface area contributed by atoms with Crippen molar-refractivity contribution in [3.05, 3.63) is 65.7 Å². The van der Waals surface area contributed by atoms with Gasteiger partial charge >= 0.3 is 0 Å². The van der Waals surface area contributed by atoms with Gasteiger partial charge in [-0.15, -0.1) is 0 Å². The monoisotopic (exact) mass is 346 g/mol. The molecule has 2 aromatic carbocycles. The zero-order chi connectivity index (χ0) is 18.2. The van der Waals surface area contributed by atoms with Crippen LogP contribution in [-0.4, -0.2) is 0 Å². The first-order valence-corrected chi connectivity index (χ1v) is 10.6. The van der Waals surface area contributed by atoms with E-state index in [1.54, 1.807) is 0 Å². The number of allylic oxidation sites excluding steroid dienone is 2. The third-order valence-electron chi connectivity index (χ3n) is 5.79. The molecule has 0 saturated heterocycles. The van der Waals surface area contributed by atoms with Crippen LogP contribution in [0.2, 0.25) is 0 Å². The molecule has 2 aromatic rings. The van der Waals surface area contributed by atoms with Crippen molar-refractivity contribution in [1.29, 1.82) is 0 Å². The summed E-state index contributed by atoms with van der Waals surface area (Å²) >= 11 is 0. The van der Waals surface area contributed by atoms with Gasteiger partial charge in [-0.2, -0.15) is 0 Å². The highest BCUT2D eigenvalue weighted by Gasteiger charge is 2.11. The lowest BCUT2D eigenvalue weighted by molar-refractivity contribution is 0.534. The van der Waals surface area contributed by atoms with E-state index in [1.807, 2.05) is 0 Å². The number of aryl methyl sites for hydroxylation is 1. The summed E-state index contributed by atoms with van der Waals surface area (Å²) in [6.45, 7) is 4.63. The van der Waals surface area contributed by atoms with E-state index < -0.39 is 0 Å². The second-order valence-corrected chi connectivity index (χ2v) is 8.05. The van der Waals surface area contributed by atoms with Gasteiger partial charge in [-0.05, 0) is 65.8 Å². The molecule has 0 N–H and O–H groups in total. The normalized spacial score (nSPS) is 17.2. The molecular formula is C26H34. The summed E-state index contributed by atoms with van der Waals surface area (Å²) in [5.74, 6) is 0.850. The summed E-state index contributed by atoms with van der Waals surface area (Å²) < 4.78 is 0. The predicted octanol–water partition coefficient (Wildman–Crippen LogP) is 8.07. The van der Waals surface area contributed by atoms with Crippen LogP contribution in [0.1, 0.15) is 76.3 Å². The SMILES string of the molecule is CCCCCCCc1ccc(-c2ccc(C3=CCC(C)CC3)cc2)cc1. The highest BCUT2D eigenvalue weighted by atomic mass is 14.2. The largest absolute Gasteiger partial charge is 0.0805 e. The topological polar surface area (TPSA) is 0 Å². The molecule has 1 atom stereocenters. The van der Waals surface area contributed by atoms with E-state index in [0.717, 1.165) is 5.92 Å². The highest BCUT2D eigenvalue weighted by molar-refractivity contribution is 5.71. The second kappa shape index (κ2) is 9.76. The van der Waals surface area contributed by atoms with Crippen molar-refractivity contribution in [2.45, 2.75) is 71.6 Å². The summed E-state index contributed by atoms with van der Waals surface area (Å²) in [5.41, 5.74) is 7.08. The average molecular weight is 347 g/mol. The van der Waals surface area contributed by atoms with Gasteiger partial charge in [0.25, 0.3) is 0 Å². The molecule has 0 spiro atoms. The van der Waals surface area contributed by atoms with Crippen molar-refractivity contribution in [2.75, 3.05) is 0 Å². The lowest BCUT2D eigenvalue weighted by atomic mass is 9.87. The number of benzene rings is 2. The van der Waals surface area contributed by atoms with Gasteiger partial charge in [0.15, 0.2) is 0 Å². The summed E-state index contributed by atoms with van der Waals surface area (Å²) in [6.07, 6.45) is 14.2. The summed E-state index contributed by atoms with van der Waals surface area (Å²) in [5, 5.41) is 0. The molecule has 0 fully saturated rings. The molecule has 1 aliphatic carbocycles. The zero-order valence-electron chi connectivity index (χ0n) is 16.6. The smallest absolute Gasteiger partial charge is 0.0184 e. The van der Waals surface area contributed by atoms with E-state index in [4.69, 9.17) is 0 Å². The third-order valence-corrected chi connectivity index (χ3v) is 5.79. The highest BCUT2D eigenvalue weighted by Crippen LogP contribution is 2.31. The first-order chi connectivity index (χ1) is 12.8. The Hall–Kier alpha value is -1.82. The standard InChI is InChI=1S/C26H34/c1-3-4-5-6-7-8-22-11-15-24(16-12-22)26-19-17-25(18-20-26)23-13-9-21(2)10-14-23/h11-13,15-21H,3-10,14H2,1-2H3. The number of unbranched alkanes of at least 4 members (excludes halogenated alkanes) is 4. The minimum absolute atomic E-state index is 0.850. The molecule has 0 heterocycles. The maximum absolute atomic E-state index is 2.44. The van der Waals surface area contributed by atoms with Gasteiger partial charge in [0.1, 0.15) is 0 Å². The molecule has 0 nitrogen and oxygen atoms in total. The van der Waals surface area contributed by atoms with Crippen LogP contribution in [0.15, 0.2) is 54.6 Å². The fourth-order valence-electron chi connectivity index (χ4n) is 3.90. The van der Waals surface area contributed by atoms with E-state index in [0.29, 0.717) is 0 Å². The van der Waals surface area contributed by atoms with E-state index in [-0.39, 0.29) is 0 Å². The van der Waals surface area contributed by atoms with Crippen LogP contribution in [-0.2, 0) is 6.42 Å². The molecule has 0 heteroatoms. The van der Waals surface area contributed by atoms with E-state index in [1.165, 1.54) is 85.6 Å². The minimum atomic E-state index is 0.850. The van der Waals surface area contributed by atoms with Crippen LogP contribution in [0.5, 0.6) is 0 Å². The first-order valence-electron chi connectivity index (χ1n) is 10.6. The Labute approximate surface area is 160 Å². The fraction of sp³-hybridized carbons (Fsp3) is 0.462. The van der Waals surface area contributed by atoms with Gasteiger partial charge in [-0.3, -0.25) is 0 Å². The van der Waals surface area contributed by atoms with Crippen LogP contribution in [0.4, 0.5) is 0 Å². The molecule has 0 bridgehead atoms. The maximum atomic E-state index is 2.44. The summed E-state index contributed by atoms with van der Waals surface area (Å²) in [4.78, 5) is 0. The Morgan fingerprint density at radius 2 is 1.38 bits per heavy atom. The van der Waals surface area contributed by atoms with Crippen molar-refractivity contribution in [2.24, 2.45) is 5.92 Å². The Balaban J connectivity index is 1.57. The predicted molar refractivity (Wildman–Crippen MR) is 115 cm³/mol. The van der Waals surface area contributed by atoms with E-state index in [9.17, 15) is 0 Å². The molecular weight excluding hydrogens is 312 g/mol. The molecule has 1 aliphatic rings. The van der Waals surface area contributed by atoms with Crippen molar-refractivity contribution >= 4 is 5.57 Å². The quantitative estimate of drug-likeness (QED) is 0.424. The molecule has 26 heavy (non-hydrogen) atoms. The Kier molecular flexibility index (Phi) is 7.12. The van der Waals surface area contributed by atoms with Crippen LogP contribution in [0, 0.1) is 5.92 Å². The van der Waals surface area contributed by atoms with Gasteiger partial charge in [-0.1, -0.05) is 94.1 Å². The van der Waals surface area contributed by atoms with Crippen molar-refractivity contribution in [1.82, 2.24) is 0 Å². The van der Waals surface area contributed by atoms with Gasteiger partial charge in [0.05, 0.1) is 0 Å². The van der Waals surface area contributed by atoms with E-state index >= 15 is 0 Å². The Morgan fingerprint density at radius 1 is 0.769 bits per heavy atom. The third kappa shape index (κ3) is 5.34. The second-order valence-electron chi connectivity index (χ2n) is 8.05. The zero-order valence-corrected chi connectivity index (χ0v) is 16.6. The molecule has 0 aliphatic heterocycles. The lowest BCUT2D eigenvalue weighted by Crippen LogP contribution is -2.00. The molecule has 0 radical (unpaired) electrons. The molecule has 1 unspecified atom stereocenters. The van der Waals surface area contributed by atoms with Crippen molar-refractivity contribution in [3.8, 4) is 11.1 Å². The summed E-state index contributed by atoms with van der Waals surface area (Å²) in [7, 11) is 0. The molecule has 0 aromatic heterocycles. The van der Waals surface area contributed by atoms with Gasteiger partial charge in [0.2, 0.25) is 0 Å². The molecule has 3 rings (SSSR count). The number of hydrogen-bond acceptors (Lipinski definition) is 0. The minimum Gasteiger partial charge on any atom is -0.0805 e. The van der Waals surface area contributed by atoms with E-state index in [2.05, 4.69) is 68.5 Å². The Bertz CT molecular complexity index is 688. The van der Waals surface area contributed by atoms with Crippen molar-refractivity contribution in [3.63, 3.8) is 0 Å². The van der Waals surface area contributed by atoms with Crippen molar-refractivity contribution < 1.29 is 0 Å². The molecule has 0 amide bonds. The lowest BCUT2D eigenvalue weighted by Gasteiger charge is -2.18. The Morgan fingerprint density at radius 3 is 2.00 bits per heavy atom. The van der Waals surface area contributed by atoms with Gasteiger partial charge in [-0.25, -0.2) is 0 Å². The summed E-state index contributed by atoms with van der Waals surface area (Å²) in [6, 6.07) is 18.4. The average Bonchev–Trinajstić information content (AvgIpc) is 2.69.